The van der Waals surface area contributed by atoms with Crippen LogP contribution in [0.2, 0.25) is 0 Å². The Morgan fingerprint density at radius 2 is 2.28 bits per heavy atom. The van der Waals surface area contributed by atoms with Crippen LogP contribution in [-0.2, 0) is 10.6 Å². The standard InChI is InChI=1S/C13H16ClFN2O/c1-3-18-8-9(2)17-11-6-4-5-10(15)13(11)16-12(17)7-14/h4-6,9H,3,7-8H2,1-2H3. The molecule has 0 radical (unpaired) electrons. The average Bonchev–Trinajstić information content (AvgIpc) is 2.76. The third-order valence-corrected chi connectivity index (χ3v) is 3.11. The third kappa shape index (κ3) is 2.35. The maximum atomic E-state index is 13.7. The summed E-state index contributed by atoms with van der Waals surface area (Å²) < 4.78 is 21.0. The second kappa shape index (κ2) is 5.67. The highest BCUT2D eigenvalue weighted by Gasteiger charge is 2.17. The Morgan fingerprint density at radius 3 is 2.94 bits per heavy atom. The number of aromatic nitrogens is 2. The van der Waals surface area contributed by atoms with Crippen molar-refractivity contribution in [2.24, 2.45) is 0 Å². The molecule has 0 spiro atoms. The Kier molecular flexibility index (Phi) is 4.19. The summed E-state index contributed by atoms with van der Waals surface area (Å²) in [5.41, 5.74) is 1.13. The number of ether oxygens (including phenoxy) is 1. The fourth-order valence-corrected chi connectivity index (χ4v) is 2.27. The number of alkyl halides is 1. The number of imidazole rings is 1. The highest BCUT2D eigenvalue weighted by Crippen LogP contribution is 2.24. The average molecular weight is 271 g/mol. The van der Waals surface area contributed by atoms with Crippen LogP contribution in [0.3, 0.4) is 0 Å². The molecular formula is C13H16ClFN2O. The van der Waals surface area contributed by atoms with Gasteiger partial charge in [-0.2, -0.15) is 0 Å². The van der Waals surface area contributed by atoms with Crippen LogP contribution in [0.5, 0.6) is 0 Å². The summed E-state index contributed by atoms with van der Waals surface area (Å²) in [6, 6.07) is 5.02. The molecule has 0 aliphatic heterocycles. The lowest BCUT2D eigenvalue weighted by Crippen LogP contribution is -2.14. The van der Waals surface area contributed by atoms with E-state index in [4.69, 9.17) is 16.3 Å². The van der Waals surface area contributed by atoms with Crippen molar-refractivity contribution in [3.8, 4) is 0 Å². The molecule has 0 saturated heterocycles. The van der Waals surface area contributed by atoms with Crippen LogP contribution in [0.15, 0.2) is 18.2 Å². The molecule has 18 heavy (non-hydrogen) atoms. The van der Waals surface area contributed by atoms with Gasteiger partial charge in [0, 0.05) is 6.61 Å². The third-order valence-electron chi connectivity index (χ3n) is 2.87. The molecule has 0 saturated carbocycles. The number of nitrogens with zero attached hydrogens (tertiary/aromatic N) is 2. The van der Waals surface area contributed by atoms with Crippen molar-refractivity contribution in [1.82, 2.24) is 9.55 Å². The Bertz CT molecular complexity index is 541. The maximum absolute atomic E-state index is 13.7. The van der Waals surface area contributed by atoms with E-state index in [2.05, 4.69) is 4.98 Å². The normalized spacial score (nSPS) is 13.1. The summed E-state index contributed by atoms with van der Waals surface area (Å²) in [6.45, 7) is 5.17. The van der Waals surface area contributed by atoms with Gasteiger partial charge in [-0.25, -0.2) is 9.37 Å². The van der Waals surface area contributed by atoms with Crippen LogP contribution in [0.1, 0.15) is 25.7 Å². The fraction of sp³-hybridized carbons (Fsp3) is 0.462. The number of para-hydroxylation sites is 1. The van der Waals surface area contributed by atoms with Gasteiger partial charge in [-0.1, -0.05) is 6.07 Å². The summed E-state index contributed by atoms with van der Waals surface area (Å²) in [5, 5.41) is 0. The van der Waals surface area contributed by atoms with Crippen molar-refractivity contribution in [3.05, 3.63) is 29.8 Å². The molecule has 0 aliphatic rings. The molecule has 3 nitrogen and oxygen atoms in total. The van der Waals surface area contributed by atoms with E-state index < -0.39 is 0 Å². The van der Waals surface area contributed by atoms with Crippen LogP contribution in [0.25, 0.3) is 11.0 Å². The molecular weight excluding hydrogens is 255 g/mol. The van der Waals surface area contributed by atoms with Gasteiger partial charge in [0.25, 0.3) is 0 Å². The zero-order valence-corrected chi connectivity index (χ0v) is 11.2. The van der Waals surface area contributed by atoms with E-state index in [1.54, 1.807) is 6.07 Å². The fourth-order valence-electron chi connectivity index (χ4n) is 2.08. The quantitative estimate of drug-likeness (QED) is 0.778. The van der Waals surface area contributed by atoms with Crippen molar-refractivity contribution in [3.63, 3.8) is 0 Å². The first kappa shape index (κ1) is 13.3. The van der Waals surface area contributed by atoms with E-state index in [1.165, 1.54) is 6.07 Å². The van der Waals surface area contributed by atoms with Crippen LogP contribution >= 0.6 is 11.6 Å². The first-order chi connectivity index (χ1) is 8.69. The zero-order chi connectivity index (χ0) is 13.1. The second-order valence-electron chi connectivity index (χ2n) is 4.15. The van der Waals surface area contributed by atoms with Gasteiger partial charge < -0.3 is 9.30 Å². The molecule has 1 aromatic heterocycles. The molecule has 5 heteroatoms. The molecule has 2 rings (SSSR count). The van der Waals surface area contributed by atoms with Crippen LogP contribution in [-0.4, -0.2) is 22.8 Å². The van der Waals surface area contributed by atoms with Gasteiger partial charge >= 0.3 is 0 Å². The van der Waals surface area contributed by atoms with Crippen molar-refractivity contribution in [2.45, 2.75) is 25.8 Å². The van der Waals surface area contributed by atoms with Crippen molar-refractivity contribution in [2.75, 3.05) is 13.2 Å². The molecule has 0 aliphatic carbocycles. The predicted octanol–water partition coefficient (Wildman–Crippen LogP) is 3.51. The Hall–Kier alpha value is -1.13. The van der Waals surface area contributed by atoms with E-state index in [0.717, 1.165) is 5.52 Å². The van der Waals surface area contributed by atoms with Gasteiger partial charge in [-0.3, -0.25) is 0 Å². The van der Waals surface area contributed by atoms with Gasteiger partial charge in [-0.15, -0.1) is 11.6 Å². The molecule has 0 fully saturated rings. The van der Waals surface area contributed by atoms with Crippen molar-refractivity contribution in [1.29, 1.82) is 0 Å². The molecule has 0 bridgehead atoms. The molecule has 1 unspecified atom stereocenters. The Labute approximate surface area is 111 Å². The van der Waals surface area contributed by atoms with Crippen molar-refractivity contribution >= 4 is 22.6 Å². The van der Waals surface area contributed by atoms with Gasteiger partial charge in [0.15, 0.2) is 5.82 Å². The summed E-state index contributed by atoms with van der Waals surface area (Å²) in [6.07, 6.45) is 0. The topological polar surface area (TPSA) is 27.1 Å². The monoisotopic (exact) mass is 270 g/mol. The highest BCUT2D eigenvalue weighted by molar-refractivity contribution is 6.16. The van der Waals surface area contributed by atoms with Gasteiger partial charge in [0.1, 0.15) is 11.3 Å². The van der Waals surface area contributed by atoms with E-state index >= 15 is 0 Å². The van der Waals surface area contributed by atoms with Gasteiger partial charge in [-0.05, 0) is 26.0 Å². The second-order valence-corrected chi connectivity index (χ2v) is 4.41. The van der Waals surface area contributed by atoms with Gasteiger partial charge in [0.05, 0.1) is 24.0 Å². The first-order valence-corrected chi connectivity index (χ1v) is 6.51. The SMILES string of the molecule is CCOCC(C)n1c(CCl)nc2c(F)cccc21. The van der Waals surface area contributed by atoms with E-state index in [1.807, 2.05) is 24.5 Å². The molecule has 0 amide bonds. The largest absolute Gasteiger partial charge is 0.380 e. The number of hydrogen-bond donors (Lipinski definition) is 0. The summed E-state index contributed by atoms with van der Waals surface area (Å²) in [5.74, 6) is 0.607. The summed E-state index contributed by atoms with van der Waals surface area (Å²) in [7, 11) is 0. The molecule has 1 aromatic carbocycles. The van der Waals surface area contributed by atoms with E-state index in [0.29, 0.717) is 24.6 Å². The molecule has 2 aromatic rings. The lowest BCUT2D eigenvalue weighted by atomic mass is 10.2. The molecule has 0 N–H and O–H groups in total. The number of hydrogen-bond acceptors (Lipinski definition) is 2. The van der Waals surface area contributed by atoms with Crippen molar-refractivity contribution < 1.29 is 9.13 Å². The maximum Gasteiger partial charge on any atom is 0.151 e. The zero-order valence-electron chi connectivity index (χ0n) is 10.5. The Morgan fingerprint density at radius 1 is 1.50 bits per heavy atom. The van der Waals surface area contributed by atoms with Crippen LogP contribution in [0, 0.1) is 5.82 Å². The van der Waals surface area contributed by atoms with E-state index in [9.17, 15) is 4.39 Å². The van der Waals surface area contributed by atoms with Gasteiger partial charge in [0.2, 0.25) is 0 Å². The molecule has 1 atom stereocenters. The Balaban J connectivity index is 2.50. The van der Waals surface area contributed by atoms with E-state index in [-0.39, 0.29) is 17.7 Å². The number of fused-ring (bicyclic) bond motifs is 1. The summed E-state index contributed by atoms with van der Waals surface area (Å²) >= 11 is 5.89. The summed E-state index contributed by atoms with van der Waals surface area (Å²) in [4.78, 5) is 4.26. The van der Waals surface area contributed by atoms with Crippen LogP contribution < -0.4 is 0 Å². The van der Waals surface area contributed by atoms with Crippen LogP contribution in [0.4, 0.5) is 4.39 Å². The molecule has 98 valence electrons. The predicted molar refractivity (Wildman–Crippen MR) is 70.5 cm³/mol. The minimum absolute atomic E-state index is 0.0745. The number of halogens is 2. The number of benzene rings is 1. The number of rotatable bonds is 5. The smallest absolute Gasteiger partial charge is 0.151 e. The highest BCUT2D eigenvalue weighted by atomic mass is 35.5. The minimum atomic E-state index is -0.318. The minimum Gasteiger partial charge on any atom is -0.380 e. The first-order valence-electron chi connectivity index (χ1n) is 5.98. The molecule has 1 heterocycles. The lowest BCUT2D eigenvalue weighted by molar-refractivity contribution is 0.119. The lowest BCUT2D eigenvalue weighted by Gasteiger charge is -2.16.